The lowest BCUT2D eigenvalue weighted by Gasteiger charge is -2.50. The van der Waals surface area contributed by atoms with E-state index in [9.17, 15) is 0 Å². The number of nitrogens with one attached hydrogen (secondary N) is 1. The fourth-order valence-electron chi connectivity index (χ4n) is 2.75. The SMILES string of the molecule is CC1CNCCC2CCC12C. The van der Waals surface area contributed by atoms with Crippen molar-refractivity contribution in [2.75, 3.05) is 13.1 Å². The molecule has 3 atom stereocenters. The third-order valence-electron chi connectivity index (χ3n) is 4.21. The molecule has 0 spiro atoms. The van der Waals surface area contributed by atoms with Gasteiger partial charge in [0.05, 0.1) is 0 Å². The van der Waals surface area contributed by atoms with Crippen LogP contribution in [0.5, 0.6) is 0 Å². The molecule has 64 valence electrons. The summed E-state index contributed by atoms with van der Waals surface area (Å²) in [6.07, 6.45) is 4.38. The van der Waals surface area contributed by atoms with Crippen molar-refractivity contribution in [2.45, 2.75) is 33.1 Å². The van der Waals surface area contributed by atoms with Gasteiger partial charge in [-0.3, -0.25) is 0 Å². The van der Waals surface area contributed by atoms with Gasteiger partial charge in [0.25, 0.3) is 0 Å². The number of hydrogen-bond donors (Lipinski definition) is 1. The molecule has 2 rings (SSSR count). The van der Waals surface area contributed by atoms with Crippen LogP contribution in [0.4, 0.5) is 0 Å². The zero-order valence-electron chi connectivity index (χ0n) is 7.69. The first-order chi connectivity index (χ1) is 5.23. The van der Waals surface area contributed by atoms with Gasteiger partial charge in [0.15, 0.2) is 0 Å². The van der Waals surface area contributed by atoms with E-state index in [4.69, 9.17) is 0 Å². The first-order valence-corrected chi connectivity index (χ1v) is 4.94. The Hall–Kier alpha value is -0.0400. The molecule has 0 aromatic carbocycles. The van der Waals surface area contributed by atoms with E-state index < -0.39 is 0 Å². The maximum Gasteiger partial charge on any atom is -0.00178 e. The van der Waals surface area contributed by atoms with E-state index in [1.807, 2.05) is 0 Å². The standard InChI is InChI=1S/C10H19N/c1-8-7-11-6-4-9-3-5-10(8,9)2/h8-9,11H,3-7H2,1-2H3. The zero-order chi connectivity index (χ0) is 7.90. The van der Waals surface area contributed by atoms with E-state index in [0.717, 1.165) is 11.8 Å². The van der Waals surface area contributed by atoms with Gasteiger partial charge < -0.3 is 5.32 Å². The van der Waals surface area contributed by atoms with E-state index in [-0.39, 0.29) is 0 Å². The summed E-state index contributed by atoms with van der Waals surface area (Å²) in [4.78, 5) is 0. The van der Waals surface area contributed by atoms with E-state index in [1.54, 1.807) is 0 Å². The predicted molar refractivity (Wildman–Crippen MR) is 47.5 cm³/mol. The van der Waals surface area contributed by atoms with Crippen molar-refractivity contribution in [3.05, 3.63) is 0 Å². The van der Waals surface area contributed by atoms with E-state index in [0.29, 0.717) is 5.41 Å². The summed E-state index contributed by atoms with van der Waals surface area (Å²) in [7, 11) is 0. The molecular formula is C10H19N. The molecule has 2 fully saturated rings. The van der Waals surface area contributed by atoms with Crippen LogP contribution in [0.1, 0.15) is 33.1 Å². The highest BCUT2D eigenvalue weighted by Crippen LogP contribution is 2.53. The van der Waals surface area contributed by atoms with Crippen LogP contribution in [0, 0.1) is 17.3 Å². The smallest absolute Gasteiger partial charge is 0.00178 e. The third-order valence-corrected chi connectivity index (χ3v) is 4.21. The Morgan fingerprint density at radius 1 is 1.36 bits per heavy atom. The second kappa shape index (κ2) is 2.48. The molecule has 11 heavy (non-hydrogen) atoms. The maximum atomic E-state index is 3.52. The molecule has 0 radical (unpaired) electrons. The van der Waals surface area contributed by atoms with Crippen LogP contribution in [-0.4, -0.2) is 13.1 Å². The quantitative estimate of drug-likeness (QED) is 0.561. The van der Waals surface area contributed by atoms with Gasteiger partial charge in [-0.15, -0.1) is 0 Å². The lowest BCUT2D eigenvalue weighted by Crippen LogP contribution is -2.43. The first-order valence-electron chi connectivity index (χ1n) is 4.94. The van der Waals surface area contributed by atoms with Gasteiger partial charge >= 0.3 is 0 Å². The van der Waals surface area contributed by atoms with Gasteiger partial charge in [-0.25, -0.2) is 0 Å². The average Bonchev–Trinajstić information content (AvgIpc) is 2.05. The fourth-order valence-corrected chi connectivity index (χ4v) is 2.75. The second-order valence-electron chi connectivity index (χ2n) is 4.64. The molecule has 0 aromatic rings. The molecule has 1 saturated heterocycles. The van der Waals surface area contributed by atoms with Crippen molar-refractivity contribution in [2.24, 2.45) is 17.3 Å². The Labute approximate surface area is 69.6 Å². The summed E-state index contributed by atoms with van der Waals surface area (Å²) < 4.78 is 0. The second-order valence-corrected chi connectivity index (χ2v) is 4.64. The van der Waals surface area contributed by atoms with Crippen LogP contribution in [0.2, 0.25) is 0 Å². The van der Waals surface area contributed by atoms with Crippen LogP contribution in [0.3, 0.4) is 0 Å². The minimum absolute atomic E-state index is 0.698. The summed E-state index contributed by atoms with van der Waals surface area (Å²) in [6, 6.07) is 0. The lowest BCUT2D eigenvalue weighted by atomic mass is 9.55. The Morgan fingerprint density at radius 2 is 2.18 bits per heavy atom. The first kappa shape index (κ1) is 7.60. The van der Waals surface area contributed by atoms with Crippen LogP contribution < -0.4 is 5.32 Å². The Balaban J connectivity index is 2.11. The summed E-state index contributed by atoms with van der Waals surface area (Å²) in [5.41, 5.74) is 0.698. The number of hydrogen-bond acceptors (Lipinski definition) is 1. The molecule has 1 N–H and O–H groups in total. The molecule has 0 bridgehead atoms. The molecule has 1 aliphatic carbocycles. The monoisotopic (exact) mass is 153 g/mol. The van der Waals surface area contributed by atoms with E-state index in [2.05, 4.69) is 19.2 Å². The molecule has 1 nitrogen and oxygen atoms in total. The highest BCUT2D eigenvalue weighted by atomic mass is 14.9. The molecular weight excluding hydrogens is 134 g/mol. The predicted octanol–water partition coefficient (Wildman–Crippen LogP) is 2.03. The third kappa shape index (κ3) is 1.01. The zero-order valence-corrected chi connectivity index (χ0v) is 7.69. The average molecular weight is 153 g/mol. The van der Waals surface area contributed by atoms with Crippen molar-refractivity contribution in [3.63, 3.8) is 0 Å². The molecule has 1 saturated carbocycles. The molecule has 0 aromatic heterocycles. The van der Waals surface area contributed by atoms with Crippen molar-refractivity contribution >= 4 is 0 Å². The summed E-state index contributed by atoms with van der Waals surface area (Å²) in [5.74, 6) is 1.93. The topological polar surface area (TPSA) is 12.0 Å². The molecule has 1 aliphatic heterocycles. The van der Waals surface area contributed by atoms with Crippen molar-refractivity contribution < 1.29 is 0 Å². The van der Waals surface area contributed by atoms with Gasteiger partial charge in [-0.1, -0.05) is 13.8 Å². The minimum atomic E-state index is 0.698. The minimum Gasteiger partial charge on any atom is -0.316 e. The van der Waals surface area contributed by atoms with Crippen molar-refractivity contribution in [1.82, 2.24) is 5.32 Å². The van der Waals surface area contributed by atoms with Gasteiger partial charge in [-0.2, -0.15) is 0 Å². The van der Waals surface area contributed by atoms with Crippen LogP contribution >= 0.6 is 0 Å². The van der Waals surface area contributed by atoms with Crippen LogP contribution in [-0.2, 0) is 0 Å². The van der Waals surface area contributed by atoms with Gasteiger partial charge in [0, 0.05) is 0 Å². The lowest BCUT2D eigenvalue weighted by molar-refractivity contribution is 0.00275. The summed E-state index contributed by atoms with van der Waals surface area (Å²) in [6.45, 7) is 7.39. The molecule has 0 amide bonds. The maximum absolute atomic E-state index is 3.52. The van der Waals surface area contributed by atoms with Crippen molar-refractivity contribution in [1.29, 1.82) is 0 Å². The molecule has 1 heteroatoms. The normalized spacial score (nSPS) is 50.7. The summed E-state index contributed by atoms with van der Waals surface area (Å²) >= 11 is 0. The van der Waals surface area contributed by atoms with Gasteiger partial charge in [-0.05, 0) is 49.6 Å². The fraction of sp³-hybridized carbons (Fsp3) is 1.00. The molecule has 3 unspecified atom stereocenters. The largest absolute Gasteiger partial charge is 0.316 e. The van der Waals surface area contributed by atoms with Crippen LogP contribution in [0.25, 0.3) is 0 Å². The van der Waals surface area contributed by atoms with Crippen molar-refractivity contribution in [3.8, 4) is 0 Å². The number of rotatable bonds is 0. The van der Waals surface area contributed by atoms with Gasteiger partial charge in [0.1, 0.15) is 0 Å². The van der Waals surface area contributed by atoms with E-state index >= 15 is 0 Å². The Bertz CT molecular complexity index is 145. The number of fused-ring (bicyclic) bond motifs is 1. The Kier molecular flexibility index (Phi) is 1.71. The van der Waals surface area contributed by atoms with Crippen LogP contribution in [0.15, 0.2) is 0 Å². The summed E-state index contributed by atoms with van der Waals surface area (Å²) in [5, 5.41) is 3.52. The van der Waals surface area contributed by atoms with E-state index in [1.165, 1.54) is 32.4 Å². The van der Waals surface area contributed by atoms with Gasteiger partial charge in [0.2, 0.25) is 0 Å². The highest BCUT2D eigenvalue weighted by Gasteiger charge is 2.46. The molecule has 2 aliphatic rings. The molecule has 1 heterocycles. The highest BCUT2D eigenvalue weighted by molar-refractivity contribution is 4.97. The Morgan fingerprint density at radius 3 is 2.82 bits per heavy atom.